The Hall–Kier alpha value is 0.200. The highest BCUT2D eigenvalue weighted by Crippen LogP contribution is 2.35. The molecule has 0 aromatic heterocycles. The van der Waals surface area contributed by atoms with Crippen molar-refractivity contribution in [2.45, 2.75) is 45.8 Å². The Kier molecular flexibility index (Phi) is 4.89. The largest absolute Gasteiger partial charge is 0.217 e. The Morgan fingerprint density at radius 1 is 1.29 bits per heavy atom. The van der Waals surface area contributed by atoms with Crippen molar-refractivity contribution in [1.29, 1.82) is 0 Å². The number of hydrogen-bond acceptors (Lipinski definition) is 2. The second-order valence-corrected chi connectivity index (χ2v) is 8.71. The molecule has 1 aliphatic heterocycles. The fourth-order valence-electron chi connectivity index (χ4n) is 2.31. The molecule has 0 radical (unpaired) electrons. The zero-order valence-corrected chi connectivity index (χ0v) is 12.8. The van der Waals surface area contributed by atoms with E-state index in [4.69, 9.17) is 11.6 Å². The van der Waals surface area contributed by atoms with E-state index in [1.165, 1.54) is 0 Å². The number of hydrogen-bond donors (Lipinski definition) is 0. The molecule has 0 saturated carbocycles. The Morgan fingerprint density at radius 3 is 2.12 bits per heavy atom. The summed E-state index contributed by atoms with van der Waals surface area (Å²) in [5.41, 5.74) is 0.272. The average Bonchev–Trinajstić information content (AvgIpc) is 2.27. The van der Waals surface area contributed by atoms with Crippen molar-refractivity contribution >= 4 is 21.6 Å². The Bertz CT molecular complexity index is 340. The molecule has 102 valence electrons. The van der Waals surface area contributed by atoms with Crippen LogP contribution in [-0.4, -0.2) is 36.9 Å². The van der Waals surface area contributed by atoms with Gasteiger partial charge in [-0.1, -0.05) is 20.8 Å². The maximum atomic E-state index is 12.1. The van der Waals surface area contributed by atoms with Gasteiger partial charge in [0.1, 0.15) is 0 Å². The van der Waals surface area contributed by atoms with Crippen LogP contribution in [0.1, 0.15) is 40.5 Å². The maximum Gasteiger partial charge on any atom is 0.217 e. The molecule has 17 heavy (non-hydrogen) atoms. The third kappa shape index (κ3) is 3.58. The van der Waals surface area contributed by atoms with Crippen molar-refractivity contribution in [3.8, 4) is 0 Å². The molecule has 0 aromatic rings. The average molecular weight is 282 g/mol. The fourth-order valence-corrected chi connectivity index (χ4v) is 4.18. The summed E-state index contributed by atoms with van der Waals surface area (Å²) in [5, 5.41) is -0.477. The Balaban J connectivity index is 2.64. The summed E-state index contributed by atoms with van der Waals surface area (Å²) in [6.45, 7) is 9.64. The molecular weight excluding hydrogens is 258 g/mol. The lowest BCUT2D eigenvalue weighted by Gasteiger charge is -2.38. The maximum absolute atomic E-state index is 12.1. The van der Waals surface area contributed by atoms with Gasteiger partial charge in [0.15, 0.2) is 0 Å². The molecule has 1 heterocycles. The summed E-state index contributed by atoms with van der Waals surface area (Å²) in [6.07, 6.45) is 1.91. The van der Waals surface area contributed by atoms with E-state index in [0.717, 1.165) is 12.8 Å². The van der Waals surface area contributed by atoms with Gasteiger partial charge in [0.05, 0.1) is 5.25 Å². The molecule has 0 amide bonds. The normalized spacial score (nSPS) is 22.6. The van der Waals surface area contributed by atoms with E-state index >= 15 is 0 Å². The summed E-state index contributed by atoms with van der Waals surface area (Å²) in [7, 11) is -3.18. The van der Waals surface area contributed by atoms with Gasteiger partial charge < -0.3 is 0 Å². The van der Waals surface area contributed by atoms with E-state index in [-0.39, 0.29) is 11.3 Å². The molecule has 1 rings (SSSR count). The van der Waals surface area contributed by atoms with Crippen LogP contribution in [0.5, 0.6) is 0 Å². The molecule has 1 atom stereocenters. The molecule has 3 nitrogen and oxygen atoms in total. The molecular formula is C12H24ClNO2S. The smallest absolute Gasteiger partial charge is 0.212 e. The third-order valence-corrected chi connectivity index (χ3v) is 6.68. The van der Waals surface area contributed by atoms with Gasteiger partial charge in [0.25, 0.3) is 0 Å². The lowest BCUT2D eigenvalue weighted by Crippen LogP contribution is -2.45. The Labute approximate surface area is 111 Å². The number of rotatable bonds is 3. The SMILES string of the molecule is CC(CCl)S(=O)(=O)N1CCC(C(C)(C)C)CC1. The summed E-state index contributed by atoms with van der Waals surface area (Å²) >= 11 is 5.65. The van der Waals surface area contributed by atoms with E-state index < -0.39 is 15.3 Å². The van der Waals surface area contributed by atoms with E-state index in [1.54, 1.807) is 11.2 Å². The van der Waals surface area contributed by atoms with Crippen LogP contribution in [0.15, 0.2) is 0 Å². The highest BCUT2D eigenvalue weighted by atomic mass is 35.5. The molecule has 0 spiro atoms. The molecule has 0 aliphatic carbocycles. The molecule has 0 N–H and O–H groups in total. The molecule has 1 saturated heterocycles. The fraction of sp³-hybridized carbons (Fsp3) is 1.00. The minimum atomic E-state index is -3.18. The quantitative estimate of drug-likeness (QED) is 0.746. The van der Waals surface area contributed by atoms with Crippen LogP contribution in [0.2, 0.25) is 0 Å². The van der Waals surface area contributed by atoms with Gasteiger partial charge in [-0.2, -0.15) is 0 Å². The number of halogens is 1. The molecule has 0 bridgehead atoms. The van der Waals surface area contributed by atoms with Crippen LogP contribution < -0.4 is 0 Å². The standard InChI is InChI=1S/C12H24ClNO2S/c1-10(9-13)17(15,16)14-7-5-11(6-8-14)12(2,3)4/h10-11H,5-9H2,1-4H3. The predicted molar refractivity (Wildman–Crippen MR) is 72.9 cm³/mol. The summed E-state index contributed by atoms with van der Waals surface area (Å²) in [5.74, 6) is 0.780. The summed E-state index contributed by atoms with van der Waals surface area (Å²) < 4.78 is 25.8. The van der Waals surface area contributed by atoms with Crippen molar-refractivity contribution < 1.29 is 8.42 Å². The van der Waals surface area contributed by atoms with Gasteiger partial charge in [-0.3, -0.25) is 0 Å². The number of sulfonamides is 1. The lowest BCUT2D eigenvalue weighted by atomic mass is 9.76. The second kappa shape index (κ2) is 5.45. The van der Waals surface area contributed by atoms with Crippen LogP contribution in [0.3, 0.4) is 0 Å². The van der Waals surface area contributed by atoms with Crippen LogP contribution in [0.25, 0.3) is 0 Å². The van der Waals surface area contributed by atoms with Crippen molar-refractivity contribution in [1.82, 2.24) is 4.31 Å². The first kappa shape index (κ1) is 15.3. The highest BCUT2D eigenvalue weighted by molar-refractivity contribution is 7.89. The van der Waals surface area contributed by atoms with Crippen molar-refractivity contribution in [3.05, 3.63) is 0 Å². The van der Waals surface area contributed by atoms with E-state index in [1.807, 2.05) is 0 Å². The van der Waals surface area contributed by atoms with Crippen LogP contribution in [0.4, 0.5) is 0 Å². The topological polar surface area (TPSA) is 37.4 Å². The zero-order chi connectivity index (χ0) is 13.3. The van der Waals surface area contributed by atoms with Gasteiger partial charge in [-0.05, 0) is 31.1 Å². The zero-order valence-electron chi connectivity index (χ0n) is 11.2. The number of piperidine rings is 1. The van der Waals surface area contributed by atoms with Gasteiger partial charge >= 0.3 is 0 Å². The monoisotopic (exact) mass is 281 g/mol. The Morgan fingerprint density at radius 2 is 1.76 bits per heavy atom. The first-order valence-corrected chi connectivity index (χ1v) is 8.28. The van der Waals surface area contributed by atoms with Crippen molar-refractivity contribution in [2.75, 3.05) is 19.0 Å². The van der Waals surface area contributed by atoms with Gasteiger partial charge in [0.2, 0.25) is 10.0 Å². The van der Waals surface area contributed by atoms with Crippen molar-refractivity contribution in [3.63, 3.8) is 0 Å². The van der Waals surface area contributed by atoms with Crippen LogP contribution >= 0.6 is 11.6 Å². The summed E-state index contributed by atoms with van der Waals surface area (Å²) in [4.78, 5) is 0. The third-order valence-electron chi connectivity index (χ3n) is 3.76. The van der Waals surface area contributed by atoms with Crippen molar-refractivity contribution in [2.24, 2.45) is 11.3 Å². The van der Waals surface area contributed by atoms with Crippen LogP contribution in [-0.2, 0) is 10.0 Å². The van der Waals surface area contributed by atoms with E-state index in [0.29, 0.717) is 19.0 Å². The van der Waals surface area contributed by atoms with Gasteiger partial charge in [0, 0.05) is 19.0 Å². The number of nitrogens with zero attached hydrogens (tertiary/aromatic N) is 1. The minimum Gasteiger partial charge on any atom is -0.212 e. The summed E-state index contributed by atoms with van der Waals surface area (Å²) in [6, 6.07) is 0. The van der Waals surface area contributed by atoms with E-state index in [2.05, 4.69) is 20.8 Å². The lowest BCUT2D eigenvalue weighted by molar-refractivity contribution is 0.153. The molecule has 0 aromatic carbocycles. The van der Waals surface area contributed by atoms with Gasteiger partial charge in [-0.15, -0.1) is 11.6 Å². The molecule has 1 unspecified atom stereocenters. The first-order valence-electron chi connectivity index (χ1n) is 6.24. The molecule has 1 aliphatic rings. The number of alkyl halides is 1. The molecule has 5 heteroatoms. The van der Waals surface area contributed by atoms with Crippen LogP contribution in [0, 0.1) is 11.3 Å². The molecule has 1 fully saturated rings. The second-order valence-electron chi connectivity index (χ2n) is 6.05. The van der Waals surface area contributed by atoms with Gasteiger partial charge in [-0.25, -0.2) is 12.7 Å². The minimum absolute atomic E-state index is 0.168. The highest BCUT2D eigenvalue weighted by Gasteiger charge is 2.35. The van der Waals surface area contributed by atoms with E-state index in [9.17, 15) is 8.42 Å². The predicted octanol–water partition coefficient (Wildman–Crippen LogP) is 2.70. The first-order chi connectivity index (χ1) is 7.69.